The SMILES string of the molecule is CC(C(=O)N[C@@H](Cc1ccc2ccccc2c1)C(N)=O)(c1ccccc1)c1ccccc1. The molecule has 0 saturated carbocycles. The second-order valence-electron chi connectivity index (χ2n) is 8.17. The molecule has 4 aromatic rings. The highest BCUT2D eigenvalue weighted by molar-refractivity contribution is 5.95. The van der Waals surface area contributed by atoms with E-state index in [-0.39, 0.29) is 5.91 Å². The third-order valence-corrected chi connectivity index (χ3v) is 6.06. The normalized spacial score (nSPS) is 12.3. The number of carbonyl (C=O) groups is 2. The lowest BCUT2D eigenvalue weighted by molar-refractivity contribution is -0.129. The summed E-state index contributed by atoms with van der Waals surface area (Å²) in [4.78, 5) is 26.0. The van der Waals surface area contributed by atoms with Gasteiger partial charge in [-0.15, -0.1) is 0 Å². The maximum Gasteiger partial charge on any atom is 0.240 e. The summed E-state index contributed by atoms with van der Waals surface area (Å²) >= 11 is 0. The first-order valence-electron chi connectivity index (χ1n) is 10.7. The van der Waals surface area contributed by atoms with Crippen LogP contribution in [0.4, 0.5) is 0 Å². The lowest BCUT2D eigenvalue weighted by Crippen LogP contribution is -2.52. The Bertz CT molecular complexity index is 1200. The highest BCUT2D eigenvalue weighted by Gasteiger charge is 2.38. The van der Waals surface area contributed by atoms with Crippen molar-refractivity contribution in [3.8, 4) is 0 Å². The van der Waals surface area contributed by atoms with Crippen molar-refractivity contribution in [1.82, 2.24) is 5.32 Å². The molecule has 4 aromatic carbocycles. The monoisotopic (exact) mass is 422 g/mol. The average Bonchev–Trinajstić information content (AvgIpc) is 2.84. The number of rotatable bonds is 7. The fourth-order valence-corrected chi connectivity index (χ4v) is 4.10. The third-order valence-electron chi connectivity index (χ3n) is 6.06. The Morgan fingerprint density at radius 3 is 1.88 bits per heavy atom. The van der Waals surface area contributed by atoms with Crippen LogP contribution in [0, 0.1) is 0 Å². The molecule has 0 unspecified atom stereocenters. The molecule has 4 rings (SSSR count). The van der Waals surface area contributed by atoms with E-state index in [1.807, 2.05) is 110 Å². The lowest BCUT2D eigenvalue weighted by Gasteiger charge is -2.31. The Hall–Kier alpha value is -3.92. The molecule has 3 N–H and O–H groups in total. The van der Waals surface area contributed by atoms with Crippen LogP contribution in [-0.2, 0) is 21.4 Å². The standard InChI is InChI=1S/C28H26N2O2/c1-28(23-12-4-2-5-13-23,24-14-6-3-7-15-24)27(32)30-25(26(29)31)19-20-16-17-21-10-8-9-11-22(21)18-20/h2-18,25H,19H2,1H3,(H2,29,31)(H,30,32)/t25-/m0/s1. The molecule has 160 valence electrons. The smallest absolute Gasteiger partial charge is 0.240 e. The summed E-state index contributed by atoms with van der Waals surface area (Å²) in [6.07, 6.45) is 0.325. The number of fused-ring (bicyclic) bond motifs is 1. The molecule has 32 heavy (non-hydrogen) atoms. The zero-order valence-electron chi connectivity index (χ0n) is 18.0. The van der Waals surface area contributed by atoms with Gasteiger partial charge in [0.05, 0.1) is 5.41 Å². The van der Waals surface area contributed by atoms with E-state index in [1.54, 1.807) is 0 Å². The largest absolute Gasteiger partial charge is 0.368 e. The summed E-state index contributed by atoms with van der Waals surface area (Å²) < 4.78 is 0. The number of nitrogens with two attached hydrogens (primary N) is 1. The van der Waals surface area contributed by atoms with Crippen molar-refractivity contribution in [2.75, 3.05) is 0 Å². The van der Waals surface area contributed by atoms with Gasteiger partial charge in [0.1, 0.15) is 6.04 Å². The number of amides is 2. The van der Waals surface area contributed by atoms with Gasteiger partial charge in [0, 0.05) is 6.42 Å². The van der Waals surface area contributed by atoms with E-state index >= 15 is 0 Å². The summed E-state index contributed by atoms with van der Waals surface area (Å²) in [5, 5.41) is 5.14. The van der Waals surface area contributed by atoms with Crippen LogP contribution in [0.5, 0.6) is 0 Å². The molecular weight excluding hydrogens is 396 g/mol. The third kappa shape index (κ3) is 4.26. The van der Waals surface area contributed by atoms with Crippen LogP contribution in [0.25, 0.3) is 10.8 Å². The molecule has 0 bridgehead atoms. The average molecular weight is 423 g/mol. The van der Waals surface area contributed by atoms with Crippen molar-refractivity contribution in [2.24, 2.45) is 5.73 Å². The van der Waals surface area contributed by atoms with Crippen molar-refractivity contribution in [3.63, 3.8) is 0 Å². The van der Waals surface area contributed by atoms with Crippen LogP contribution in [0.1, 0.15) is 23.6 Å². The number of benzene rings is 4. The van der Waals surface area contributed by atoms with Gasteiger partial charge >= 0.3 is 0 Å². The molecule has 0 aliphatic carbocycles. The number of hydrogen-bond donors (Lipinski definition) is 2. The van der Waals surface area contributed by atoms with Gasteiger partial charge in [0.2, 0.25) is 11.8 Å². The minimum Gasteiger partial charge on any atom is -0.368 e. The minimum absolute atomic E-state index is 0.264. The van der Waals surface area contributed by atoms with Crippen LogP contribution in [-0.4, -0.2) is 17.9 Å². The first kappa shape index (κ1) is 21.3. The van der Waals surface area contributed by atoms with Gasteiger partial charge in [-0.25, -0.2) is 0 Å². The molecule has 0 radical (unpaired) electrons. The van der Waals surface area contributed by atoms with Gasteiger partial charge < -0.3 is 11.1 Å². The van der Waals surface area contributed by atoms with E-state index in [4.69, 9.17) is 5.73 Å². The summed E-state index contributed by atoms with van der Waals surface area (Å²) in [5.74, 6) is -0.825. The maximum atomic E-state index is 13.7. The van der Waals surface area contributed by atoms with Gasteiger partial charge in [-0.3, -0.25) is 9.59 Å². The molecule has 2 amide bonds. The fourth-order valence-electron chi connectivity index (χ4n) is 4.10. The van der Waals surface area contributed by atoms with E-state index < -0.39 is 17.4 Å². The predicted molar refractivity (Wildman–Crippen MR) is 128 cm³/mol. The Morgan fingerprint density at radius 2 is 1.31 bits per heavy atom. The number of nitrogens with one attached hydrogen (secondary N) is 1. The van der Waals surface area contributed by atoms with Gasteiger partial charge in [0.15, 0.2) is 0 Å². The van der Waals surface area contributed by atoms with E-state index in [1.165, 1.54) is 0 Å². The molecule has 0 aliphatic heterocycles. The summed E-state index contributed by atoms with van der Waals surface area (Å²) in [6, 6.07) is 32.4. The Morgan fingerprint density at radius 1 is 0.781 bits per heavy atom. The van der Waals surface area contributed by atoms with E-state index in [9.17, 15) is 9.59 Å². The van der Waals surface area contributed by atoms with Crippen LogP contribution in [0.15, 0.2) is 103 Å². The highest BCUT2D eigenvalue weighted by Crippen LogP contribution is 2.32. The Kier molecular flexibility index (Phi) is 6.04. The van der Waals surface area contributed by atoms with Crippen molar-refractivity contribution in [3.05, 3.63) is 120 Å². The molecule has 0 aromatic heterocycles. The number of primary amides is 1. The quantitative estimate of drug-likeness (QED) is 0.465. The van der Waals surface area contributed by atoms with Gasteiger partial charge in [-0.05, 0) is 34.4 Å². The maximum absolute atomic E-state index is 13.7. The summed E-state index contributed by atoms with van der Waals surface area (Å²) in [6.45, 7) is 1.88. The van der Waals surface area contributed by atoms with Crippen molar-refractivity contribution < 1.29 is 9.59 Å². The first-order valence-corrected chi connectivity index (χ1v) is 10.7. The van der Waals surface area contributed by atoms with Gasteiger partial charge in [0.25, 0.3) is 0 Å². The molecule has 0 aliphatic rings. The van der Waals surface area contributed by atoms with Gasteiger partial charge in [-0.1, -0.05) is 103 Å². The Balaban J connectivity index is 1.65. The molecule has 1 atom stereocenters. The fraction of sp³-hybridized carbons (Fsp3) is 0.143. The summed E-state index contributed by atoms with van der Waals surface area (Å²) in [7, 11) is 0. The van der Waals surface area contributed by atoms with Crippen molar-refractivity contribution in [2.45, 2.75) is 24.8 Å². The topological polar surface area (TPSA) is 72.2 Å². The molecule has 0 heterocycles. The highest BCUT2D eigenvalue weighted by atomic mass is 16.2. The second-order valence-corrected chi connectivity index (χ2v) is 8.17. The van der Waals surface area contributed by atoms with Gasteiger partial charge in [-0.2, -0.15) is 0 Å². The van der Waals surface area contributed by atoms with Crippen molar-refractivity contribution in [1.29, 1.82) is 0 Å². The van der Waals surface area contributed by atoms with E-state index in [0.717, 1.165) is 27.5 Å². The van der Waals surface area contributed by atoms with Crippen LogP contribution >= 0.6 is 0 Å². The predicted octanol–water partition coefficient (Wildman–Crippen LogP) is 4.36. The minimum atomic E-state index is -0.973. The molecule has 0 fully saturated rings. The first-order chi connectivity index (χ1) is 15.5. The summed E-state index contributed by atoms with van der Waals surface area (Å²) in [5.41, 5.74) is 7.37. The molecule has 0 spiro atoms. The second kappa shape index (κ2) is 9.06. The zero-order valence-corrected chi connectivity index (χ0v) is 18.0. The molecule has 4 heteroatoms. The zero-order chi connectivity index (χ0) is 22.6. The van der Waals surface area contributed by atoms with Crippen molar-refractivity contribution >= 4 is 22.6 Å². The van der Waals surface area contributed by atoms with Crippen LogP contribution in [0.3, 0.4) is 0 Å². The molecule has 0 saturated heterocycles. The molecular formula is C28H26N2O2. The van der Waals surface area contributed by atoms with E-state index in [2.05, 4.69) is 5.32 Å². The Labute approximate surface area is 188 Å². The number of carbonyl (C=O) groups excluding carboxylic acids is 2. The van der Waals surface area contributed by atoms with E-state index in [0.29, 0.717) is 6.42 Å². The lowest BCUT2D eigenvalue weighted by atomic mass is 9.75. The van der Waals surface area contributed by atoms with Crippen LogP contribution in [0.2, 0.25) is 0 Å². The van der Waals surface area contributed by atoms with Crippen LogP contribution < -0.4 is 11.1 Å². The molecule has 4 nitrogen and oxygen atoms in total. The number of hydrogen-bond acceptors (Lipinski definition) is 2.